The summed E-state index contributed by atoms with van der Waals surface area (Å²) in [7, 11) is 0. The van der Waals surface area contributed by atoms with Gasteiger partial charge in [0.15, 0.2) is 0 Å². The summed E-state index contributed by atoms with van der Waals surface area (Å²) in [5.41, 5.74) is 0.641. The fourth-order valence-corrected chi connectivity index (χ4v) is 1.53. The molecule has 0 N–H and O–H groups in total. The second-order valence-corrected chi connectivity index (χ2v) is 4.67. The summed E-state index contributed by atoms with van der Waals surface area (Å²) in [4.78, 5) is 0. The van der Waals surface area contributed by atoms with Gasteiger partial charge >= 0.3 is 18.9 Å². The van der Waals surface area contributed by atoms with E-state index in [9.17, 15) is 5.11 Å². The molecule has 0 bridgehead atoms. The minimum absolute atomic E-state index is 0. The van der Waals surface area contributed by atoms with Crippen LogP contribution in [0, 0.1) is 0 Å². The molecule has 0 aliphatic heterocycles. The van der Waals surface area contributed by atoms with Crippen molar-refractivity contribution in [2.45, 2.75) is 58.5 Å². The molecule has 0 amide bonds. The van der Waals surface area contributed by atoms with Crippen molar-refractivity contribution in [3.63, 3.8) is 0 Å². The van der Waals surface area contributed by atoms with Crippen LogP contribution in [0.1, 0.15) is 52.9 Å². The fourth-order valence-electron chi connectivity index (χ4n) is 1.53. The first-order valence-electron chi connectivity index (χ1n) is 5.07. The van der Waals surface area contributed by atoms with Crippen LogP contribution < -0.4 is 24.0 Å². The maximum absolute atomic E-state index is 11.6. The van der Waals surface area contributed by atoms with Gasteiger partial charge in [-0.25, -0.2) is 0 Å². The Kier molecular flexibility index (Phi) is 5.70. The van der Waals surface area contributed by atoms with Crippen molar-refractivity contribution in [1.82, 2.24) is 0 Å². The van der Waals surface area contributed by atoms with Crippen molar-refractivity contribution >= 4 is 0 Å². The van der Waals surface area contributed by atoms with E-state index in [-0.39, 0.29) is 30.4 Å². The average molecular weight is 190 g/mol. The van der Waals surface area contributed by atoms with Gasteiger partial charge in [0.25, 0.3) is 0 Å². The molecule has 0 aromatic heterocycles. The molecule has 76 valence electrons. The summed E-state index contributed by atoms with van der Waals surface area (Å²) < 4.78 is 5.30. The van der Waals surface area contributed by atoms with Crippen molar-refractivity contribution in [2.24, 2.45) is 0 Å². The Balaban J connectivity index is 0.00000169. The first kappa shape index (κ1) is 13.9. The number of hydrogen-bond donors (Lipinski definition) is 0. The van der Waals surface area contributed by atoms with Gasteiger partial charge in [0.2, 0.25) is 0 Å². The average Bonchev–Trinajstić information content (AvgIpc) is 2.03. The molecular formula is C11H19LiO2. The van der Waals surface area contributed by atoms with E-state index >= 15 is 0 Å². The van der Waals surface area contributed by atoms with Crippen molar-refractivity contribution in [3.8, 4) is 0 Å². The zero-order chi connectivity index (χ0) is 9.90. The Bertz CT molecular complexity index is 196. The molecule has 0 spiro atoms. The molecule has 0 heterocycles. The van der Waals surface area contributed by atoms with E-state index in [0.29, 0.717) is 0 Å². The van der Waals surface area contributed by atoms with Gasteiger partial charge in [0.05, 0.1) is 5.95 Å². The zero-order valence-electron chi connectivity index (χ0n) is 9.85. The van der Waals surface area contributed by atoms with E-state index in [1.165, 1.54) is 6.42 Å². The predicted octanol–water partition coefficient (Wildman–Crippen LogP) is -0.658. The maximum Gasteiger partial charge on any atom is 1.00 e. The van der Waals surface area contributed by atoms with Crippen LogP contribution >= 0.6 is 0 Å². The van der Waals surface area contributed by atoms with Gasteiger partial charge in [-0.2, -0.15) is 0 Å². The molecule has 3 heteroatoms. The molecular weight excluding hydrogens is 171 g/mol. The van der Waals surface area contributed by atoms with E-state index in [0.717, 1.165) is 31.3 Å². The van der Waals surface area contributed by atoms with Gasteiger partial charge in [0.1, 0.15) is 0 Å². The molecule has 2 nitrogen and oxygen atoms in total. The van der Waals surface area contributed by atoms with Crippen LogP contribution in [0.3, 0.4) is 0 Å². The summed E-state index contributed by atoms with van der Waals surface area (Å²) in [5, 5.41) is 11.6. The van der Waals surface area contributed by atoms with Crippen LogP contribution in [0.5, 0.6) is 0 Å². The van der Waals surface area contributed by atoms with Crippen molar-refractivity contribution < 1.29 is 28.7 Å². The van der Waals surface area contributed by atoms with Crippen molar-refractivity contribution in [2.75, 3.05) is 0 Å². The number of ether oxygens (including phenoxy) is 1. The Hall–Kier alpha value is -0.0626. The Morgan fingerprint density at radius 3 is 2.07 bits per heavy atom. The first-order valence-corrected chi connectivity index (χ1v) is 5.07. The van der Waals surface area contributed by atoms with E-state index in [1.54, 1.807) is 0 Å². The molecule has 1 aliphatic rings. The molecule has 1 saturated carbocycles. The quantitative estimate of drug-likeness (QED) is 0.406. The van der Waals surface area contributed by atoms with Crippen molar-refractivity contribution in [1.29, 1.82) is 0 Å². The third-order valence-electron chi connectivity index (χ3n) is 2.14. The van der Waals surface area contributed by atoms with E-state index in [4.69, 9.17) is 4.74 Å². The second-order valence-electron chi connectivity index (χ2n) is 4.67. The van der Waals surface area contributed by atoms with Crippen LogP contribution in [0.25, 0.3) is 0 Å². The molecule has 0 radical (unpaired) electrons. The molecule has 0 aromatic carbocycles. The number of allylic oxidation sites excluding steroid dienone is 1. The van der Waals surface area contributed by atoms with Gasteiger partial charge in [-0.3, -0.25) is 0 Å². The Morgan fingerprint density at radius 2 is 1.64 bits per heavy atom. The largest absolute Gasteiger partial charge is 1.00 e. The van der Waals surface area contributed by atoms with Gasteiger partial charge in [-0.05, 0) is 31.3 Å². The number of hydrogen-bond acceptors (Lipinski definition) is 2. The van der Waals surface area contributed by atoms with E-state index in [1.807, 2.05) is 20.8 Å². The zero-order valence-corrected chi connectivity index (χ0v) is 9.85. The minimum atomic E-state index is -0.346. The molecule has 0 saturated heterocycles. The van der Waals surface area contributed by atoms with Gasteiger partial charge in [-0.15, -0.1) is 0 Å². The van der Waals surface area contributed by atoms with Crippen molar-refractivity contribution in [3.05, 3.63) is 11.5 Å². The molecule has 1 fully saturated rings. The predicted molar refractivity (Wildman–Crippen MR) is 50.9 cm³/mol. The monoisotopic (exact) mass is 190 g/mol. The molecule has 0 unspecified atom stereocenters. The van der Waals surface area contributed by atoms with Crippen LogP contribution in [-0.2, 0) is 4.74 Å². The molecule has 0 aromatic rings. The van der Waals surface area contributed by atoms with Gasteiger partial charge < -0.3 is 9.84 Å². The summed E-state index contributed by atoms with van der Waals surface area (Å²) in [6.45, 7) is 5.73. The standard InChI is InChI=1S/C11H20O2.Li/c1-11(2,3)13-10(12)9-7-5-4-6-8-9;/h12H,4-8H2,1-3H3;/q;+1/p-1. The minimum Gasteiger partial charge on any atom is -0.608 e. The van der Waals surface area contributed by atoms with Crippen LogP contribution in [0.15, 0.2) is 11.5 Å². The fraction of sp³-hybridized carbons (Fsp3) is 0.818. The topological polar surface area (TPSA) is 32.3 Å². The van der Waals surface area contributed by atoms with Crippen LogP contribution in [-0.4, -0.2) is 5.60 Å². The van der Waals surface area contributed by atoms with Crippen LogP contribution in [0.4, 0.5) is 0 Å². The summed E-state index contributed by atoms with van der Waals surface area (Å²) >= 11 is 0. The Labute approximate surface area is 98.9 Å². The summed E-state index contributed by atoms with van der Waals surface area (Å²) in [6, 6.07) is 0. The summed E-state index contributed by atoms with van der Waals surface area (Å²) in [6.07, 6.45) is 5.43. The maximum atomic E-state index is 11.6. The third kappa shape index (κ3) is 4.98. The normalized spacial score (nSPS) is 17.2. The van der Waals surface area contributed by atoms with Gasteiger partial charge in [-0.1, -0.05) is 27.2 Å². The molecule has 0 atom stereocenters. The summed E-state index contributed by atoms with van der Waals surface area (Å²) in [5.74, 6) is -0.0767. The molecule has 14 heavy (non-hydrogen) atoms. The Morgan fingerprint density at radius 1 is 1.14 bits per heavy atom. The number of rotatable bonds is 1. The van der Waals surface area contributed by atoms with E-state index in [2.05, 4.69) is 0 Å². The third-order valence-corrected chi connectivity index (χ3v) is 2.14. The van der Waals surface area contributed by atoms with Crippen LogP contribution in [0.2, 0.25) is 0 Å². The second kappa shape index (κ2) is 5.73. The SMILES string of the molecule is CC(C)(C)OC([O-])=C1CCCCC1.[Li+]. The van der Waals surface area contributed by atoms with Gasteiger partial charge in [0, 0.05) is 5.60 Å². The smallest absolute Gasteiger partial charge is 0.608 e. The first-order chi connectivity index (χ1) is 5.99. The van der Waals surface area contributed by atoms with E-state index < -0.39 is 0 Å². The molecule has 1 aliphatic carbocycles. The molecule has 1 rings (SSSR count).